The molecule has 0 unspecified atom stereocenters. The zero-order valence-electron chi connectivity index (χ0n) is 22.0. The van der Waals surface area contributed by atoms with Crippen molar-refractivity contribution >= 4 is 21.8 Å². The Bertz CT molecular complexity index is 1870. The van der Waals surface area contributed by atoms with E-state index in [1.807, 2.05) is 54.3 Å². The number of imidazole rings is 1. The van der Waals surface area contributed by atoms with Crippen LogP contribution < -0.4 is 4.74 Å². The molecule has 0 radical (unpaired) electrons. The third-order valence-electron chi connectivity index (χ3n) is 6.70. The second-order valence-electron chi connectivity index (χ2n) is 10.3. The molecule has 0 atom stereocenters. The molecule has 6 rings (SSSR count). The average Bonchev–Trinajstić information content (AvgIpc) is 3.49. The minimum atomic E-state index is -0.0177. The molecule has 3 aromatic heterocycles. The maximum atomic E-state index is 9.73. The second-order valence-corrected chi connectivity index (χ2v) is 10.3. The summed E-state index contributed by atoms with van der Waals surface area (Å²) in [5.74, 6) is 2.37. The summed E-state index contributed by atoms with van der Waals surface area (Å²) in [5, 5.41) is 11.9. The number of ether oxygens (including phenoxy) is 1. The number of aromatic nitrogens is 4. The van der Waals surface area contributed by atoms with Crippen LogP contribution in [0.5, 0.6) is 11.5 Å². The standard InChI is InChI=1S/C32H25N5O.Pt/c1-32(2,3)23-13-14-34-30(18-23)37-27-8-6-5-7-25(27)26-12-11-24(19-28(26)37)38-29-17-21(9-10-22(29)20-33)31-35-15-16-36(31)4;/h5-16,18H,1-4H3;/q-2;+2. The molecule has 0 aliphatic heterocycles. The van der Waals surface area contributed by atoms with E-state index in [0.29, 0.717) is 17.1 Å². The van der Waals surface area contributed by atoms with Gasteiger partial charge < -0.3 is 13.9 Å². The molecule has 3 heterocycles. The predicted molar refractivity (Wildman–Crippen MR) is 148 cm³/mol. The molecule has 6 nitrogen and oxygen atoms in total. The Labute approximate surface area is 241 Å². The zero-order chi connectivity index (χ0) is 26.4. The van der Waals surface area contributed by atoms with Gasteiger partial charge in [0.05, 0.1) is 17.6 Å². The molecular weight excluding hydrogens is 665 g/mol. The molecule has 0 amide bonds. The molecule has 7 heteroatoms. The van der Waals surface area contributed by atoms with Crippen LogP contribution in [0.4, 0.5) is 0 Å². The van der Waals surface area contributed by atoms with Crippen molar-refractivity contribution in [3.63, 3.8) is 0 Å². The second kappa shape index (κ2) is 10.2. The van der Waals surface area contributed by atoms with Crippen molar-refractivity contribution in [3.05, 3.63) is 103 Å². The van der Waals surface area contributed by atoms with Crippen LogP contribution in [0.25, 0.3) is 39.0 Å². The summed E-state index contributed by atoms with van der Waals surface area (Å²) in [4.78, 5) is 9.13. The van der Waals surface area contributed by atoms with Crippen LogP contribution in [-0.2, 0) is 33.5 Å². The zero-order valence-corrected chi connectivity index (χ0v) is 24.2. The van der Waals surface area contributed by atoms with Crippen molar-refractivity contribution in [2.75, 3.05) is 0 Å². The number of hydrogen-bond acceptors (Lipinski definition) is 4. The van der Waals surface area contributed by atoms with Crippen molar-refractivity contribution in [1.82, 2.24) is 19.1 Å². The first-order chi connectivity index (χ1) is 18.3. The molecule has 0 aliphatic rings. The van der Waals surface area contributed by atoms with Gasteiger partial charge in [-0.05, 0) is 34.6 Å². The van der Waals surface area contributed by atoms with Gasteiger partial charge in [-0.3, -0.25) is 4.98 Å². The summed E-state index contributed by atoms with van der Waals surface area (Å²) < 4.78 is 10.3. The first-order valence-corrected chi connectivity index (χ1v) is 12.4. The number of nitrogens with zero attached hydrogens (tertiary/aromatic N) is 5. The average molecular weight is 691 g/mol. The van der Waals surface area contributed by atoms with E-state index in [4.69, 9.17) is 9.72 Å². The normalized spacial score (nSPS) is 11.4. The summed E-state index contributed by atoms with van der Waals surface area (Å²) in [6, 6.07) is 28.8. The molecule has 6 aromatic rings. The SMILES string of the molecule is Cn1ccnc1-c1[c-]c(Oc2[c-]c3c(cc2)c2ccccc2n3-c2cc(C(C)(C)C)ccn2)c(C#N)cc1.[Pt+2]. The van der Waals surface area contributed by atoms with Crippen LogP contribution in [0.2, 0.25) is 0 Å². The van der Waals surface area contributed by atoms with Gasteiger partial charge in [0, 0.05) is 42.5 Å². The molecule has 0 saturated carbocycles. The molecule has 0 N–H and O–H groups in total. The van der Waals surface area contributed by atoms with Gasteiger partial charge in [-0.25, -0.2) is 10.2 Å². The van der Waals surface area contributed by atoms with E-state index >= 15 is 0 Å². The minimum absolute atomic E-state index is 0. The minimum Gasteiger partial charge on any atom is -0.502 e. The number of hydrogen-bond donors (Lipinski definition) is 0. The summed E-state index contributed by atoms with van der Waals surface area (Å²) in [6.07, 6.45) is 5.45. The van der Waals surface area contributed by atoms with E-state index < -0.39 is 0 Å². The summed E-state index contributed by atoms with van der Waals surface area (Å²) in [7, 11) is 1.91. The largest absolute Gasteiger partial charge is 2.00 e. The molecule has 39 heavy (non-hydrogen) atoms. The van der Waals surface area contributed by atoms with Gasteiger partial charge in [-0.2, -0.15) is 6.07 Å². The van der Waals surface area contributed by atoms with E-state index in [2.05, 4.69) is 72.8 Å². The topological polar surface area (TPSA) is 68.7 Å². The number of aryl methyl sites for hydroxylation is 1. The van der Waals surface area contributed by atoms with Crippen LogP contribution in [-0.4, -0.2) is 19.1 Å². The van der Waals surface area contributed by atoms with Gasteiger partial charge in [0.15, 0.2) is 0 Å². The maximum absolute atomic E-state index is 9.73. The van der Waals surface area contributed by atoms with E-state index in [1.54, 1.807) is 12.3 Å². The van der Waals surface area contributed by atoms with E-state index in [0.717, 1.165) is 39.0 Å². The maximum Gasteiger partial charge on any atom is 2.00 e. The third-order valence-corrected chi connectivity index (χ3v) is 6.70. The summed E-state index contributed by atoms with van der Waals surface area (Å²) in [6.45, 7) is 6.58. The molecule has 0 fully saturated rings. The van der Waals surface area contributed by atoms with Crippen molar-refractivity contribution in [2.24, 2.45) is 7.05 Å². The summed E-state index contributed by atoms with van der Waals surface area (Å²) in [5.41, 5.74) is 4.19. The Balaban J connectivity index is 0.00000308. The van der Waals surface area contributed by atoms with Crippen LogP contribution >= 0.6 is 0 Å². The Morgan fingerprint density at radius 3 is 2.49 bits per heavy atom. The first-order valence-electron chi connectivity index (χ1n) is 12.4. The number of para-hydroxylation sites is 1. The number of nitriles is 1. The van der Waals surface area contributed by atoms with Crippen molar-refractivity contribution in [3.8, 4) is 34.8 Å². The van der Waals surface area contributed by atoms with Gasteiger partial charge in [0.1, 0.15) is 5.82 Å². The van der Waals surface area contributed by atoms with Gasteiger partial charge >= 0.3 is 21.1 Å². The van der Waals surface area contributed by atoms with E-state index in [9.17, 15) is 5.26 Å². The monoisotopic (exact) mass is 690 g/mol. The van der Waals surface area contributed by atoms with Crippen LogP contribution in [0.3, 0.4) is 0 Å². The fourth-order valence-corrected chi connectivity index (χ4v) is 4.69. The Kier molecular flexibility index (Phi) is 6.88. The Morgan fingerprint density at radius 2 is 1.74 bits per heavy atom. The van der Waals surface area contributed by atoms with Gasteiger partial charge in [0.2, 0.25) is 0 Å². The molecule has 3 aromatic carbocycles. The molecular formula is C32H25N5OPt. The Hall–Kier alpha value is -4.20. The fraction of sp³-hybridized carbons (Fsp3) is 0.156. The smallest absolute Gasteiger partial charge is 0.502 e. The van der Waals surface area contributed by atoms with Gasteiger partial charge in [-0.1, -0.05) is 50.6 Å². The quantitative estimate of drug-likeness (QED) is 0.185. The molecule has 194 valence electrons. The van der Waals surface area contributed by atoms with Crippen molar-refractivity contribution in [2.45, 2.75) is 26.2 Å². The molecule has 0 bridgehead atoms. The number of fused-ring (bicyclic) bond motifs is 3. The fourth-order valence-electron chi connectivity index (χ4n) is 4.69. The van der Waals surface area contributed by atoms with Crippen LogP contribution in [0, 0.1) is 23.5 Å². The van der Waals surface area contributed by atoms with E-state index in [-0.39, 0.29) is 26.5 Å². The number of rotatable bonds is 4. The van der Waals surface area contributed by atoms with Gasteiger partial charge in [0.25, 0.3) is 0 Å². The van der Waals surface area contributed by atoms with Gasteiger partial charge in [-0.15, -0.1) is 35.2 Å². The van der Waals surface area contributed by atoms with Crippen molar-refractivity contribution < 1.29 is 25.8 Å². The third kappa shape index (κ3) is 4.75. The molecule has 0 aliphatic carbocycles. The van der Waals surface area contributed by atoms with Crippen LogP contribution in [0.15, 0.2) is 79.3 Å². The number of pyridine rings is 1. The van der Waals surface area contributed by atoms with Crippen LogP contribution in [0.1, 0.15) is 31.9 Å². The predicted octanol–water partition coefficient (Wildman–Crippen LogP) is 7.14. The molecule has 0 spiro atoms. The first kappa shape index (κ1) is 26.4. The Morgan fingerprint density at radius 1 is 0.923 bits per heavy atom. The summed E-state index contributed by atoms with van der Waals surface area (Å²) >= 11 is 0. The number of benzene rings is 3. The van der Waals surface area contributed by atoms with Crippen molar-refractivity contribution in [1.29, 1.82) is 5.26 Å². The molecule has 0 saturated heterocycles. The van der Waals surface area contributed by atoms with E-state index in [1.165, 1.54) is 5.56 Å².